The van der Waals surface area contributed by atoms with Crippen molar-refractivity contribution in [2.24, 2.45) is 0 Å². The zero-order valence-corrected chi connectivity index (χ0v) is 29.2. The topological polar surface area (TPSA) is 56.7 Å². The molecule has 5 heteroatoms. The maximum atomic E-state index is 6.63. The Morgan fingerprint density at radius 1 is 0.472 bits per heavy atom. The van der Waals surface area contributed by atoms with Crippen LogP contribution in [0.2, 0.25) is 0 Å². The fraction of sp³-hybridized carbons (Fsp3) is 0.0625. The number of rotatable bonds is 4. The minimum atomic E-state index is -0.0942. The third kappa shape index (κ3) is 4.40. The molecule has 7 aromatic carbocycles. The number of furan rings is 1. The molecule has 250 valence electrons. The van der Waals surface area contributed by atoms with Crippen molar-refractivity contribution < 1.29 is 4.42 Å². The molecule has 0 N–H and O–H groups in total. The van der Waals surface area contributed by atoms with Gasteiger partial charge in [0.15, 0.2) is 17.5 Å². The Morgan fingerprint density at radius 2 is 1.08 bits per heavy atom. The molecule has 10 aromatic rings. The van der Waals surface area contributed by atoms with E-state index in [2.05, 4.69) is 109 Å². The van der Waals surface area contributed by atoms with Gasteiger partial charge in [0, 0.05) is 38.1 Å². The summed E-state index contributed by atoms with van der Waals surface area (Å²) in [6.45, 7) is 4.68. The number of para-hydroxylation sites is 3. The SMILES string of the molecule is CC1(C)c2ccccc2-n2c3ccc(-c4ccc5oc6c(-c7nc(-c8ccccc8)nc(-c8ccccc8)n7)cccc6c5c4)cc3c3cccc1c32. The van der Waals surface area contributed by atoms with Crippen LogP contribution in [-0.2, 0) is 5.41 Å². The molecule has 4 heterocycles. The average Bonchev–Trinajstić information content (AvgIpc) is 3.76. The molecule has 53 heavy (non-hydrogen) atoms. The van der Waals surface area contributed by atoms with Crippen LogP contribution in [0, 0.1) is 0 Å². The van der Waals surface area contributed by atoms with Crippen LogP contribution < -0.4 is 0 Å². The molecule has 0 atom stereocenters. The lowest BCUT2D eigenvalue weighted by molar-refractivity contribution is 0.630. The number of hydrogen-bond donors (Lipinski definition) is 0. The van der Waals surface area contributed by atoms with Gasteiger partial charge in [-0.25, -0.2) is 15.0 Å². The highest BCUT2D eigenvalue weighted by Crippen LogP contribution is 2.48. The Labute approximate surface area is 305 Å². The molecule has 1 aliphatic heterocycles. The Hall–Kier alpha value is -6.85. The average molecular weight is 681 g/mol. The molecule has 3 aromatic heterocycles. The minimum Gasteiger partial charge on any atom is -0.455 e. The van der Waals surface area contributed by atoms with Gasteiger partial charge in [0.1, 0.15) is 11.2 Å². The summed E-state index contributed by atoms with van der Waals surface area (Å²) in [6.07, 6.45) is 0. The summed E-state index contributed by atoms with van der Waals surface area (Å²) in [5.41, 5.74) is 13.0. The standard InChI is InChI=1S/C48H32N4O/c1-48(2)38-20-9-10-22-41(38)52-40-25-23-31(27-36(40)33-17-12-21-39(48)43(33)52)32-24-26-42-37(28-32)34-18-11-19-35(44(34)53-42)47-50-45(29-13-5-3-6-14-29)49-46(51-47)30-15-7-4-8-16-30/h3-28H,1-2H3. The highest BCUT2D eigenvalue weighted by molar-refractivity contribution is 6.14. The van der Waals surface area contributed by atoms with E-state index in [1.54, 1.807) is 0 Å². The zero-order chi connectivity index (χ0) is 35.3. The smallest absolute Gasteiger partial charge is 0.167 e. The normalized spacial score (nSPS) is 13.2. The molecule has 1 aliphatic rings. The van der Waals surface area contributed by atoms with Crippen LogP contribution in [0.1, 0.15) is 25.0 Å². The van der Waals surface area contributed by atoms with E-state index in [4.69, 9.17) is 19.4 Å². The molecule has 5 nitrogen and oxygen atoms in total. The summed E-state index contributed by atoms with van der Waals surface area (Å²) in [7, 11) is 0. The first-order valence-electron chi connectivity index (χ1n) is 18.0. The van der Waals surface area contributed by atoms with E-state index in [1.807, 2.05) is 66.7 Å². The van der Waals surface area contributed by atoms with Crippen LogP contribution in [-0.4, -0.2) is 19.5 Å². The van der Waals surface area contributed by atoms with Gasteiger partial charge in [-0.1, -0.05) is 135 Å². The maximum Gasteiger partial charge on any atom is 0.167 e. The summed E-state index contributed by atoms with van der Waals surface area (Å²) >= 11 is 0. The molecule has 0 bridgehead atoms. The van der Waals surface area contributed by atoms with Gasteiger partial charge in [-0.3, -0.25) is 0 Å². The van der Waals surface area contributed by atoms with Crippen molar-refractivity contribution in [2.45, 2.75) is 19.3 Å². The second-order valence-electron chi connectivity index (χ2n) is 14.4. The second kappa shape index (κ2) is 11.1. The van der Waals surface area contributed by atoms with E-state index in [9.17, 15) is 0 Å². The van der Waals surface area contributed by atoms with Crippen molar-refractivity contribution in [3.63, 3.8) is 0 Å². The van der Waals surface area contributed by atoms with Crippen LogP contribution in [0.5, 0.6) is 0 Å². The van der Waals surface area contributed by atoms with Crippen LogP contribution in [0.4, 0.5) is 0 Å². The third-order valence-corrected chi connectivity index (χ3v) is 11.0. The van der Waals surface area contributed by atoms with E-state index < -0.39 is 0 Å². The number of benzene rings is 7. The van der Waals surface area contributed by atoms with Crippen molar-refractivity contribution in [3.05, 3.63) is 169 Å². The van der Waals surface area contributed by atoms with E-state index >= 15 is 0 Å². The van der Waals surface area contributed by atoms with Gasteiger partial charge >= 0.3 is 0 Å². The summed E-state index contributed by atoms with van der Waals surface area (Å²) in [6, 6.07) is 55.3. The summed E-state index contributed by atoms with van der Waals surface area (Å²) in [5, 5.41) is 4.61. The second-order valence-corrected chi connectivity index (χ2v) is 14.4. The lowest BCUT2D eigenvalue weighted by Crippen LogP contribution is -2.26. The van der Waals surface area contributed by atoms with Crippen molar-refractivity contribution >= 4 is 43.7 Å². The van der Waals surface area contributed by atoms with Crippen molar-refractivity contribution in [2.75, 3.05) is 0 Å². The van der Waals surface area contributed by atoms with Crippen LogP contribution in [0.3, 0.4) is 0 Å². The largest absolute Gasteiger partial charge is 0.455 e. The maximum absolute atomic E-state index is 6.63. The van der Waals surface area contributed by atoms with Gasteiger partial charge < -0.3 is 8.98 Å². The lowest BCUT2D eigenvalue weighted by atomic mass is 9.75. The van der Waals surface area contributed by atoms with Crippen molar-refractivity contribution in [3.8, 4) is 51.0 Å². The lowest BCUT2D eigenvalue weighted by Gasteiger charge is -2.34. The molecule has 0 radical (unpaired) electrons. The molecule has 0 aliphatic carbocycles. The Morgan fingerprint density at radius 3 is 1.83 bits per heavy atom. The van der Waals surface area contributed by atoms with E-state index in [0.29, 0.717) is 17.5 Å². The molecule has 0 amide bonds. The first-order chi connectivity index (χ1) is 26.0. The molecule has 0 fully saturated rings. The predicted molar refractivity (Wildman–Crippen MR) is 215 cm³/mol. The number of fused-ring (bicyclic) bond motifs is 8. The van der Waals surface area contributed by atoms with Crippen LogP contribution in [0.25, 0.3) is 94.7 Å². The first-order valence-corrected chi connectivity index (χ1v) is 18.0. The van der Waals surface area contributed by atoms with E-state index in [0.717, 1.165) is 44.2 Å². The molecule has 0 unspecified atom stereocenters. The van der Waals surface area contributed by atoms with Crippen LogP contribution in [0.15, 0.2) is 162 Å². The number of aromatic nitrogens is 4. The van der Waals surface area contributed by atoms with E-state index in [-0.39, 0.29) is 5.41 Å². The molecular weight excluding hydrogens is 649 g/mol. The van der Waals surface area contributed by atoms with Crippen LogP contribution >= 0.6 is 0 Å². The first kappa shape index (κ1) is 29.8. The predicted octanol–water partition coefficient (Wildman–Crippen LogP) is 12.2. The Balaban J connectivity index is 1.07. The molecule has 11 rings (SSSR count). The van der Waals surface area contributed by atoms with E-state index in [1.165, 1.54) is 44.2 Å². The monoisotopic (exact) mass is 680 g/mol. The fourth-order valence-corrected chi connectivity index (χ4v) is 8.43. The molecular formula is C48H32N4O. The summed E-state index contributed by atoms with van der Waals surface area (Å²) in [4.78, 5) is 14.9. The highest BCUT2D eigenvalue weighted by Gasteiger charge is 2.34. The summed E-state index contributed by atoms with van der Waals surface area (Å²) in [5.74, 6) is 1.82. The molecule has 0 saturated carbocycles. The zero-order valence-electron chi connectivity index (χ0n) is 29.2. The third-order valence-electron chi connectivity index (χ3n) is 11.0. The van der Waals surface area contributed by atoms with Gasteiger partial charge in [-0.15, -0.1) is 0 Å². The Bertz CT molecular complexity index is 3020. The Kier molecular flexibility index (Phi) is 6.23. The number of nitrogens with zero attached hydrogens (tertiary/aromatic N) is 4. The quantitative estimate of drug-likeness (QED) is 0.186. The molecule has 0 spiro atoms. The van der Waals surface area contributed by atoms with Gasteiger partial charge in [-0.05, 0) is 58.7 Å². The highest BCUT2D eigenvalue weighted by atomic mass is 16.3. The van der Waals surface area contributed by atoms with Crippen molar-refractivity contribution in [1.82, 2.24) is 19.5 Å². The summed E-state index contributed by atoms with van der Waals surface area (Å²) < 4.78 is 9.10. The van der Waals surface area contributed by atoms with Gasteiger partial charge in [0.05, 0.1) is 22.3 Å². The number of hydrogen-bond acceptors (Lipinski definition) is 4. The molecule has 0 saturated heterocycles. The van der Waals surface area contributed by atoms with Gasteiger partial charge in [0.25, 0.3) is 0 Å². The van der Waals surface area contributed by atoms with Crippen molar-refractivity contribution in [1.29, 1.82) is 0 Å². The van der Waals surface area contributed by atoms with Gasteiger partial charge in [-0.2, -0.15) is 0 Å². The van der Waals surface area contributed by atoms with Gasteiger partial charge in [0.2, 0.25) is 0 Å². The minimum absolute atomic E-state index is 0.0942. The fourth-order valence-electron chi connectivity index (χ4n) is 8.43.